The summed E-state index contributed by atoms with van der Waals surface area (Å²) in [5.41, 5.74) is 11.7. The molecule has 10 aliphatic heterocycles. The first kappa shape index (κ1) is 26.1. The van der Waals surface area contributed by atoms with Crippen molar-refractivity contribution in [3.05, 3.63) is 117 Å². The van der Waals surface area contributed by atoms with Gasteiger partial charge in [-0.1, -0.05) is 0 Å². The molecular weight excluding hydrogens is 646 g/mol. The monoisotopic (exact) mass is 694 g/mol. The van der Waals surface area contributed by atoms with Gasteiger partial charge in [-0.3, -0.25) is 0 Å². The Balaban J connectivity index is 0.952. The molecule has 4 aromatic rings. The summed E-state index contributed by atoms with van der Waals surface area (Å²) < 4.78 is 1.69. The predicted octanol–water partition coefficient (Wildman–Crippen LogP) is 10.8. The van der Waals surface area contributed by atoms with Crippen LogP contribution < -0.4 is 21.2 Å². The quantitative estimate of drug-likeness (QED) is 0.127. The Bertz CT molecular complexity index is 2470. The molecule has 47 heavy (non-hydrogen) atoms. The second kappa shape index (κ2) is 4.53. The average Bonchev–Trinajstić information content (AvgIpc) is 3.91. The van der Waals surface area contributed by atoms with E-state index < -0.39 is 6.51 Å². The molecule has 0 bridgehead atoms. The van der Waals surface area contributed by atoms with Gasteiger partial charge in [0.05, 0.1) is 0 Å². The zero-order chi connectivity index (χ0) is 31.9. The van der Waals surface area contributed by atoms with Crippen molar-refractivity contribution in [3.8, 4) is 0 Å². The summed E-state index contributed by atoms with van der Waals surface area (Å²) in [7, 11) is -0.631. The third kappa shape index (κ3) is 0.877. The van der Waals surface area contributed by atoms with Crippen LogP contribution in [0.25, 0.3) is 0 Å². The van der Waals surface area contributed by atoms with Gasteiger partial charge in [-0.25, -0.2) is 0 Å². The van der Waals surface area contributed by atoms with E-state index in [0.29, 0.717) is 0 Å². The molecule has 10 fully saturated rings. The van der Waals surface area contributed by atoms with E-state index in [2.05, 4.69) is 128 Å². The summed E-state index contributed by atoms with van der Waals surface area (Å²) >= 11 is 0. The summed E-state index contributed by atoms with van der Waals surface area (Å²) in [5, 5.41) is 6.85. The molecule has 4 aromatic carbocycles. The Morgan fingerprint density at radius 3 is 1.09 bits per heavy atom. The molecule has 1 spiro atoms. The summed E-state index contributed by atoms with van der Waals surface area (Å²) in [6, 6.07) is 30.6. The summed E-state index contributed by atoms with van der Waals surface area (Å²) in [4.78, 5) is 10.4. The molecule has 14 rings (SSSR count). The Morgan fingerprint density at radius 1 is 0.447 bits per heavy atom. The number of aryl methyl sites for hydroxylation is 8. The topological polar surface area (TPSA) is 0 Å². The fraction of sp³-hybridized carbons (Fsp3) is 0.455. The van der Waals surface area contributed by atoms with Crippen molar-refractivity contribution in [1.82, 2.24) is 0 Å². The fourth-order valence-corrected chi connectivity index (χ4v) is 119. The van der Waals surface area contributed by atoms with Gasteiger partial charge in [0.1, 0.15) is 0 Å². The van der Waals surface area contributed by atoms with Gasteiger partial charge in [-0.15, -0.1) is 0 Å². The second-order valence-corrected chi connectivity index (χ2v) is 49.0. The Morgan fingerprint density at radius 2 is 0.766 bits per heavy atom. The van der Waals surface area contributed by atoms with E-state index in [-0.39, 0.29) is 15.8 Å². The van der Waals surface area contributed by atoms with Crippen LogP contribution in [0.15, 0.2) is 72.8 Å². The molecule has 3 heteroatoms. The zero-order valence-corrected chi connectivity index (χ0v) is 32.1. The van der Waals surface area contributed by atoms with Crippen molar-refractivity contribution in [2.45, 2.75) is 109 Å². The summed E-state index contributed by atoms with van der Waals surface area (Å²) in [6.07, 6.45) is 3.04. The standard InChI is InChI=1S/C23H26P.C21H22P.Fe/c1-17-11-18(2)14-22(13-17)24(10-9-21-7-5-6-8-21)23-15-19(3)12-20(4)16-23;1-15-9-16(2)12-20(11-15)22(19-7-5-6-8-19)21-13-17(3)10-18(4)14-21;/h5-8,11-16H,9-10H2,1-4H3;5-14H,1-4H3;. The van der Waals surface area contributed by atoms with Crippen LogP contribution in [0.2, 0.25) is 42.8 Å². The second-order valence-electron chi connectivity index (χ2n) is 20.5. The first-order chi connectivity index (χ1) is 22.2. The van der Waals surface area contributed by atoms with Crippen molar-refractivity contribution in [1.29, 1.82) is 0 Å². The van der Waals surface area contributed by atoms with Gasteiger partial charge in [0, 0.05) is 0 Å². The first-order valence-electron chi connectivity index (χ1n) is 18.4. The molecular formula is C44H48FeP2. The van der Waals surface area contributed by atoms with E-state index in [0.717, 1.165) is 8.37 Å². The van der Waals surface area contributed by atoms with E-state index in [1.807, 2.05) is 0 Å². The molecule has 0 aromatic heterocycles. The number of fused-ring (bicyclic) bond motifs is 10. The van der Waals surface area contributed by atoms with Crippen molar-refractivity contribution in [3.63, 3.8) is 0 Å². The molecule has 0 aliphatic carbocycles. The maximum absolute atomic E-state index is 3.80. The number of benzene rings is 4. The molecule has 8 atom stereocenters. The van der Waals surface area contributed by atoms with Crippen molar-refractivity contribution in [2.75, 3.05) is 6.16 Å². The molecule has 10 heterocycles. The molecule has 0 amide bonds. The average molecular weight is 695 g/mol. The molecule has 8 unspecified atom stereocenters. The molecule has 10 aliphatic rings. The minimum absolute atomic E-state index is 0.291. The van der Waals surface area contributed by atoms with Gasteiger partial charge in [-0.05, 0) is 0 Å². The van der Waals surface area contributed by atoms with Gasteiger partial charge in [-0.2, -0.15) is 0 Å². The maximum atomic E-state index is 2.68. The molecule has 0 radical (unpaired) electrons. The Hall–Kier alpha value is -1.74. The van der Waals surface area contributed by atoms with Gasteiger partial charge in [0.25, 0.3) is 0 Å². The molecule has 10 saturated heterocycles. The van der Waals surface area contributed by atoms with E-state index in [1.54, 1.807) is 27.6 Å². The Kier molecular flexibility index (Phi) is 2.52. The van der Waals surface area contributed by atoms with Crippen molar-refractivity contribution in [2.24, 2.45) is 0 Å². The van der Waals surface area contributed by atoms with Crippen LogP contribution in [-0.4, -0.2) is 10.2 Å². The van der Waals surface area contributed by atoms with Crippen LogP contribution in [0, 0.1) is 55.4 Å². The van der Waals surface area contributed by atoms with Crippen LogP contribution in [0.4, 0.5) is 0 Å². The number of rotatable bonds is 8. The summed E-state index contributed by atoms with van der Waals surface area (Å²) in [6.45, 7) is 15.0. The van der Waals surface area contributed by atoms with Crippen LogP contribution >= 0.6 is 15.8 Å². The van der Waals surface area contributed by atoms with Gasteiger partial charge < -0.3 is 0 Å². The molecule has 242 valence electrons. The SMILES string of the molecule is Cc1cc(C)cc(P(CC[C]23[CH]4[CH]5[CH]6[CH]2[Fe]56432789[CH]3[CH]2[CH]7[C]8(P(c2cc(C)cc(C)c2)c2cc(C)cc(C)c2)[CH]39)c2cc(C)cc(C)c2)c1. The predicted molar refractivity (Wildman–Crippen MR) is 201 cm³/mol. The van der Waals surface area contributed by atoms with E-state index >= 15 is 0 Å². The van der Waals surface area contributed by atoms with Crippen LogP contribution in [0.5, 0.6) is 0 Å². The fourth-order valence-electron chi connectivity index (χ4n) is 23.8. The third-order valence-electron chi connectivity index (χ3n) is 22.1. The van der Waals surface area contributed by atoms with Crippen molar-refractivity contribution < 1.29 is 6.51 Å². The number of hydrogen-bond acceptors (Lipinski definition) is 0. The van der Waals surface area contributed by atoms with Crippen LogP contribution in [0.1, 0.15) is 50.9 Å². The normalized spacial score (nSPS) is 52.4. The Labute approximate surface area is 274 Å². The third-order valence-corrected chi connectivity index (χ3v) is 74.8. The zero-order valence-electron chi connectivity index (χ0n) is 29.2. The van der Waals surface area contributed by atoms with Gasteiger partial charge in [0.2, 0.25) is 0 Å². The van der Waals surface area contributed by atoms with Crippen LogP contribution in [-0.2, 0) is 6.51 Å². The molecule has 0 saturated carbocycles. The minimum atomic E-state index is -3.80. The molecule has 0 nitrogen and oxygen atoms in total. The van der Waals surface area contributed by atoms with E-state index in [4.69, 9.17) is 0 Å². The van der Waals surface area contributed by atoms with Crippen LogP contribution in [0.3, 0.4) is 0 Å². The number of hydrogen-bond donors (Lipinski definition) is 0. The first-order valence-corrected chi connectivity index (χ1v) is 27.4. The van der Waals surface area contributed by atoms with Crippen molar-refractivity contribution >= 4 is 37.1 Å². The summed E-state index contributed by atoms with van der Waals surface area (Å²) in [5.74, 6) is 0. The van der Waals surface area contributed by atoms with Gasteiger partial charge in [0.15, 0.2) is 0 Å². The van der Waals surface area contributed by atoms with E-state index in [1.165, 1.54) is 89.2 Å². The van der Waals surface area contributed by atoms with E-state index in [9.17, 15) is 0 Å². The van der Waals surface area contributed by atoms with Gasteiger partial charge >= 0.3 is 276 Å². The molecule has 0 N–H and O–H groups in total.